The van der Waals surface area contributed by atoms with Gasteiger partial charge in [-0.1, -0.05) is 30.3 Å². The van der Waals surface area contributed by atoms with Crippen molar-refractivity contribution in [2.75, 3.05) is 12.3 Å². The maximum Gasteiger partial charge on any atom is 0.254 e. The van der Waals surface area contributed by atoms with E-state index in [9.17, 15) is 4.79 Å². The number of piperidine rings is 1. The zero-order chi connectivity index (χ0) is 18.6. The van der Waals surface area contributed by atoms with Gasteiger partial charge in [0.2, 0.25) is 5.95 Å². The summed E-state index contributed by atoms with van der Waals surface area (Å²) in [5, 5.41) is 0. The van der Waals surface area contributed by atoms with Crippen molar-refractivity contribution < 1.29 is 4.79 Å². The number of nitrogens with two attached hydrogens (primary N) is 1. The molecule has 27 heavy (non-hydrogen) atoms. The van der Waals surface area contributed by atoms with Gasteiger partial charge in [-0.25, -0.2) is 9.97 Å². The zero-order valence-corrected chi connectivity index (χ0v) is 15.0. The van der Waals surface area contributed by atoms with Crippen LogP contribution >= 0.6 is 0 Å². The van der Waals surface area contributed by atoms with Gasteiger partial charge < -0.3 is 10.6 Å². The molecule has 6 heteroatoms. The van der Waals surface area contributed by atoms with Crippen LogP contribution < -0.4 is 5.73 Å². The van der Waals surface area contributed by atoms with E-state index < -0.39 is 0 Å². The molecule has 1 fully saturated rings. The Kier molecular flexibility index (Phi) is 4.78. The van der Waals surface area contributed by atoms with Crippen LogP contribution in [0.5, 0.6) is 0 Å². The van der Waals surface area contributed by atoms with Crippen molar-refractivity contribution in [1.29, 1.82) is 0 Å². The van der Waals surface area contributed by atoms with Gasteiger partial charge in [0.15, 0.2) is 0 Å². The largest absolute Gasteiger partial charge is 0.368 e. The minimum atomic E-state index is -0.125. The van der Waals surface area contributed by atoms with Gasteiger partial charge in [-0.2, -0.15) is 0 Å². The first-order chi connectivity index (χ1) is 13.2. The second kappa shape index (κ2) is 7.53. The van der Waals surface area contributed by atoms with Gasteiger partial charge in [0.05, 0.1) is 11.7 Å². The summed E-state index contributed by atoms with van der Waals surface area (Å²) in [6.07, 6.45) is 7.93. The lowest BCUT2D eigenvalue weighted by molar-refractivity contribution is 0.0606. The van der Waals surface area contributed by atoms with Gasteiger partial charge in [-0.05, 0) is 37.0 Å². The highest BCUT2D eigenvalue weighted by molar-refractivity contribution is 5.94. The molecule has 2 aromatic heterocycles. The van der Waals surface area contributed by atoms with Gasteiger partial charge in [0.1, 0.15) is 0 Å². The Balaban J connectivity index is 1.76. The second-order valence-corrected chi connectivity index (χ2v) is 6.64. The highest BCUT2D eigenvalue weighted by Crippen LogP contribution is 2.36. The number of pyridine rings is 1. The van der Waals surface area contributed by atoms with Crippen LogP contribution in [0.25, 0.3) is 11.1 Å². The number of anilines is 1. The number of nitrogens with zero attached hydrogens (tertiary/aromatic N) is 4. The Morgan fingerprint density at radius 2 is 1.85 bits per heavy atom. The fraction of sp³-hybridized carbons (Fsp3) is 0.238. The topological polar surface area (TPSA) is 85.0 Å². The van der Waals surface area contributed by atoms with Crippen molar-refractivity contribution in [3.8, 4) is 11.1 Å². The average Bonchev–Trinajstić information content (AvgIpc) is 2.74. The van der Waals surface area contributed by atoms with Crippen molar-refractivity contribution >= 4 is 11.9 Å². The number of aromatic nitrogens is 3. The Morgan fingerprint density at radius 3 is 2.63 bits per heavy atom. The smallest absolute Gasteiger partial charge is 0.254 e. The zero-order valence-electron chi connectivity index (χ0n) is 15.0. The fourth-order valence-corrected chi connectivity index (χ4v) is 3.62. The molecule has 6 nitrogen and oxygen atoms in total. The summed E-state index contributed by atoms with van der Waals surface area (Å²) in [4.78, 5) is 27.8. The van der Waals surface area contributed by atoms with Gasteiger partial charge in [-0.15, -0.1) is 0 Å². The molecular weight excluding hydrogens is 338 g/mol. The quantitative estimate of drug-likeness (QED) is 0.774. The summed E-state index contributed by atoms with van der Waals surface area (Å²) in [5.41, 5.74) is 9.31. The highest BCUT2D eigenvalue weighted by Gasteiger charge is 2.31. The molecule has 1 aliphatic heterocycles. The molecule has 0 saturated carbocycles. The normalized spacial score (nSPS) is 16.9. The minimum absolute atomic E-state index is 0.00158. The van der Waals surface area contributed by atoms with Crippen molar-refractivity contribution in [3.05, 3.63) is 72.3 Å². The number of rotatable bonds is 3. The third-order valence-electron chi connectivity index (χ3n) is 4.93. The lowest BCUT2D eigenvalue weighted by Crippen LogP contribution is -2.39. The summed E-state index contributed by atoms with van der Waals surface area (Å²) in [5.74, 6) is 0.227. The molecule has 0 aliphatic carbocycles. The van der Waals surface area contributed by atoms with Crippen molar-refractivity contribution in [2.24, 2.45) is 0 Å². The molecule has 1 saturated heterocycles. The SMILES string of the molecule is Nc1ncc(-c2ccccc2)c(C2CCCCN2C(=O)c2ccncc2)n1. The van der Waals surface area contributed by atoms with Gasteiger partial charge in [-0.3, -0.25) is 9.78 Å². The number of likely N-dealkylation sites (tertiary alicyclic amines) is 1. The lowest BCUT2D eigenvalue weighted by Gasteiger charge is -2.36. The molecule has 1 unspecified atom stereocenters. The summed E-state index contributed by atoms with van der Waals surface area (Å²) < 4.78 is 0. The van der Waals surface area contributed by atoms with Gasteiger partial charge in [0, 0.05) is 36.3 Å². The molecular formula is C21H21N5O. The van der Waals surface area contributed by atoms with Crippen LogP contribution in [0, 0.1) is 0 Å². The van der Waals surface area contributed by atoms with E-state index in [1.807, 2.05) is 35.2 Å². The van der Waals surface area contributed by atoms with E-state index in [0.717, 1.165) is 36.1 Å². The van der Waals surface area contributed by atoms with E-state index in [1.54, 1.807) is 30.7 Å². The van der Waals surface area contributed by atoms with Crippen LogP contribution in [-0.2, 0) is 0 Å². The third-order valence-corrected chi connectivity index (χ3v) is 4.93. The number of hydrogen-bond donors (Lipinski definition) is 1. The number of carbonyl (C=O) groups excluding carboxylic acids is 1. The molecule has 0 radical (unpaired) electrons. The van der Waals surface area contributed by atoms with Crippen LogP contribution in [0.3, 0.4) is 0 Å². The predicted octanol–water partition coefficient (Wildman–Crippen LogP) is 3.49. The Labute approximate surface area is 158 Å². The summed E-state index contributed by atoms with van der Waals surface area (Å²) in [7, 11) is 0. The number of hydrogen-bond acceptors (Lipinski definition) is 5. The van der Waals surface area contributed by atoms with E-state index in [2.05, 4.69) is 15.0 Å². The molecule has 1 amide bonds. The van der Waals surface area contributed by atoms with E-state index >= 15 is 0 Å². The summed E-state index contributed by atoms with van der Waals surface area (Å²) >= 11 is 0. The molecule has 3 heterocycles. The number of benzene rings is 1. The second-order valence-electron chi connectivity index (χ2n) is 6.64. The Hall–Kier alpha value is -3.28. The monoisotopic (exact) mass is 359 g/mol. The third kappa shape index (κ3) is 3.51. The molecule has 3 aromatic rings. The maximum atomic E-state index is 13.1. The minimum Gasteiger partial charge on any atom is -0.368 e. The first-order valence-corrected chi connectivity index (χ1v) is 9.13. The van der Waals surface area contributed by atoms with Crippen LogP contribution in [0.1, 0.15) is 41.4 Å². The first kappa shape index (κ1) is 17.1. The Bertz CT molecular complexity index is 930. The lowest BCUT2D eigenvalue weighted by atomic mass is 9.93. The van der Waals surface area contributed by atoms with Crippen molar-refractivity contribution in [3.63, 3.8) is 0 Å². The first-order valence-electron chi connectivity index (χ1n) is 9.13. The van der Waals surface area contributed by atoms with Crippen LogP contribution in [0.2, 0.25) is 0 Å². The highest BCUT2D eigenvalue weighted by atomic mass is 16.2. The number of carbonyl (C=O) groups is 1. The molecule has 136 valence electrons. The molecule has 0 spiro atoms. The van der Waals surface area contributed by atoms with E-state index in [1.165, 1.54) is 0 Å². The molecule has 4 rings (SSSR count). The van der Waals surface area contributed by atoms with Crippen LogP contribution in [-0.4, -0.2) is 32.3 Å². The van der Waals surface area contributed by atoms with E-state index in [0.29, 0.717) is 12.1 Å². The summed E-state index contributed by atoms with van der Waals surface area (Å²) in [6.45, 7) is 0.698. The van der Waals surface area contributed by atoms with E-state index in [-0.39, 0.29) is 17.9 Å². The van der Waals surface area contributed by atoms with Crippen molar-refractivity contribution in [1.82, 2.24) is 19.9 Å². The molecule has 0 bridgehead atoms. The molecule has 2 N–H and O–H groups in total. The average molecular weight is 359 g/mol. The number of amides is 1. The van der Waals surface area contributed by atoms with Crippen LogP contribution in [0.4, 0.5) is 5.95 Å². The molecule has 1 aromatic carbocycles. The van der Waals surface area contributed by atoms with E-state index in [4.69, 9.17) is 5.73 Å². The standard InChI is InChI=1S/C21H21N5O/c22-21-24-14-17(15-6-2-1-3-7-15)19(25-21)18-8-4-5-13-26(18)20(27)16-9-11-23-12-10-16/h1-3,6-7,9-12,14,18H,4-5,8,13H2,(H2,22,24,25). The van der Waals surface area contributed by atoms with Crippen molar-refractivity contribution in [2.45, 2.75) is 25.3 Å². The van der Waals surface area contributed by atoms with Crippen LogP contribution in [0.15, 0.2) is 61.1 Å². The summed E-state index contributed by atoms with van der Waals surface area (Å²) in [6, 6.07) is 13.4. The maximum absolute atomic E-state index is 13.1. The number of nitrogen functional groups attached to an aromatic ring is 1. The Morgan fingerprint density at radius 1 is 1.07 bits per heavy atom. The molecule has 1 aliphatic rings. The predicted molar refractivity (Wildman–Crippen MR) is 104 cm³/mol. The van der Waals surface area contributed by atoms with Gasteiger partial charge in [0.25, 0.3) is 5.91 Å². The molecule has 1 atom stereocenters. The van der Waals surface area contributed by atoms with Gasteiger partial charge >= 0.3 is 0 Å². The fourth-order valence-electron chi connectivity index (χ4n) is 3.62.